The van der Waals surface area contributed by atoms with Gasteiger partial charge in [0.2, 0.25) is 0 Å². The van der Waals surface area contributed by atoms with E-state index in [1.807, 2.05) is 0 Å². The molecule has 1 saturated carbocycles. The van der Waals surface area contributed by atoms with Crippen LogP contribution in [0.4, 0.5) is 0 Å². The summed E-state index contributed by atoms with van der Waals surface area (Å²) in [5.41, 5.74) is -0.897. The molecule has 0 radical (unpaired) electrons. The third-order valence-corrected chi connectivity index (χ3v) is 6.30. The topological polar surface area (TPSA) is 92.7 Å². The summed E-state index contributed by atoms with van der Waals surface area (Å²) >= 11 is 1.11. The Morgan fingerprint density at radius 3 is 2.75 bits per heavy atom. The monoisotopic (exact) mass is 319 g/mol. The number of aliphatic carboxylic acids is 1. The molecule has 20 heavy (non-hydrogen) atoms. The van der Waals surface area contributed by atoms with E-state index in [0.29, 0.717) is 0 Å². The van der Waals surface area contributed by atoms with Gasteiger partial charge in [-0.2, -0.15) is 4.72 Å². The van der Waals surface area contributed by atoms with Gasteiger partial charge in [0.25, 0.3) is 10.0 Å². The molecule has 0 aliphatic heterocycles. The van der Waals surface area contributed by atoms with Gasteiger partial charge in [-0.3, -0.25) is 4.79 Å². The summed E-state index contributed by atoms with van der Waals surface area (Å²) in [4.78, 5) is 11.3. The molecule has 0 bridgehead atoms. The number of thiophene rings is 1. The number of nitrogens with one attached hydrogen (secondary N) is 1. The molecule has 1 aromatic rings. The van der Waals surface area contributed by atoms with Crippen LogP contribution < -0.4 is 4.72 Å². The van der Waals surface area contributed by atoms with Gasteiger partial charge in [0.05, 0.1) is 6.61 Å². The largest absolute Gasteiger partial charge is 0.480 e. The molecule has 1 atom stereocenters. The van der Waals surface area contributed by atoms with E-state index in [1.54, 1.807) is 11.4 Å². The van der Waals surface area contributed by atoms with Gasteiger partial charge in [-0.15, -0.1) is 11.3 Å². The van der Waals surface area contributed by atoms with Crippen molar-refractivity contribution in [2.75, 3.05) is 13.7 Å². The number of hydrogen-bond acceptors (Lipinski definition) is 5. The fourth-order valence-electron chi connectivity index (χ4n) is 1.99. The summed E-state index contributed by atoms with van der Waals surface area (Å²) < 4.78 is 32.1. The molecule has 1 aliphatic carbocycles. The molecule has 6 nitrogen and oxygen atoms in total. The molecule has 0 saturated heterocycles. The molecule has 1 unspecified atom stereocenters. The fourth-order valence-corrected chi connectivity index (χ4v) is 4.87. The number of ether oxygens (including phenoxy) is 1. The summed E-state index contributed by atoms with van der Waals surface area (Å²) in [6.07, 6.45) is 1.96. The third kappa shape index (κ3) is 3.03. The van der Waals surface area contributed by atoms with Gasteiger partial charge in [-0.05, 0) is 42.7 Å². The van der Waals surface area contributed by atoms with Crippen LogP contribution in [-0.2, 0) is 19.6 Å². The van der Waals surface area contributed by atoms with Crippen LogP contribution in [0.15, 0.2) is 15.7 Å². The van der Waals surface area contributed by atoms with Crippen molar-refractivity contribution in [2.24, 2.45) is 0 Å². The third-order valence-electron chi connectivity index (χ3n) is 3.18. The predicted octanol–water partition coefficient (Wildman–Crippen LogP) is 1.39. The fraction of sp³-hybridized carbons (Fsp3) is 0.583. The van der Waals surface area contributed by atoms with E-state index in [2.05, 4.69) is 4.72 Å². The molecule has 8 heteroatoms. The Bertz CT molecular complexity index is 605. The minimum Gasteiger partial charge on any atom is -0.480 e. The van der Waals surface area contributed by atoms with Gasteiger partial charge >= 0.3 is 5.97 Å². The minimum atomic E-state index is -3.87. The molecular formula is C12H17NO5S2. The second-order valence-corrected chi connectivity index (χ2v) is 7.91. The normalized spacial score (nSPS) is 18.7. The Labute approximate surface area is 121 Å². The van der Waals surface area contributed by atoms with Crippen LogP contribution in [0.3, 0.4) is 0 Å². The lowest BCUT2D eigenvalue weighted by Gasteiger charge is -2.24. The van der Waals surface area contributed by atoms with Crippen molar-refractivity contribution in [3.05, 3.63) is 17.0 Å². The first-order valence-electron chi connectivity index (χ1n) is 6.14. The van der Waals surface area contributed by atoms with Gasteiger partial charge in [-0.25, -0.2) is 8.42 Å². The van der Waals surface area contributed by atoms with Gasteiger partial charge in [-0.1, -0.05) is 0 Å². The van der Waals surface area contributed by atoms with Crippen molar-refractivity contribution in [2.45, 2.75) is 35.4 Å². The van der Waals surface area contributed by atoms with Crippen molar-refractivity contribution in [1.82, 2.24) is 4.72 Å². The zero-order valence-electron chi connectivity index (χ0n) is 11.3. The van der Waals surface area contributed by atoms with E-state index in [0.717, 1.165) is 29.7 Å². The molecule has 1 heterocycles. The van der Waals surface area contributed by atoms with Crippen LogP contribution in [0.1, 0.15) is 31.2 Å². The summed E-state index contributed by atoms with van der Waals surface area (Å²) in [6.45, 7) is 1.05. The highest BCUT2D eigenvalue weighted by Gasteiger charge is 2.40. The standard InChI is InChI=1S/C12H17NO5S2/c1-12(7-18-2,11(14)15)13-20(16,17)10-9(5-6-19-10)8-3-4-8/h5-6,8,13H,3-4,7H2,1-2H3,(H,14,15). The van der Waals surface area contributed by atoms with E-state index in [1.165, 1.54) is 14.0 Å². The molecule has 0 amide bonds. The lowest BCUT2D eigenvalue weighted by Crippen LogP contribution is -2.55. The Balaban J connectivity index is 2.30. The van der Waals surface area contributed by atoms with E-state index >= 15 is 0 Å². The number of rotatable bonds is 7. The summed E-state index contributed by atoms with van der Waals surface area (Å²) in [5, 5.41) is 10.9. The highest BCUT2D eigenvalue weighted by Crippen LogP contribution is 2.44. The Morgan fingerprint density at radius 2 is 2.25 bits per heavy atom. The predicted molar refractivity (Wildman–Crippen MR) is 74.5 cm³/mol. The first kappa shape index (κ1) is 15.4. The van der Waals surface area contributed by atoms with Gasteiger partial charge in [0, 0.05) is 7.11 Å². The molecule has 112 valence electrons. The number of hydrogen-bond donors (Lipinski definition) is 2. The van der Waals surface area contributed by atoms with Gasteiger partial charge in [0.1, 0.15) is 4.21 Å². The average Bonchev–Trinajstić information content (AvgIpc) is 3.05. The smallest absolute Gasteiger partial charge is 0.327 e. The Kier molecular flexibility index (Phi) is 4.19. The maximum Gasteiger partial charge on any atom is 0.327 e. The zero-order chi connectivity index (χ0) is 15.0. The average molecular weight is 319 g/mol. The maximum absolute atomic E-state index is 12.4. The van der Waals surface area contributed by atoms with Crippen molar-refractivity contribution < 1.29 is 23.1 Å². The molecule has 0 spiro atoms. The molecule has 1 fully saturated rings. The number of carbonyl (C=O) groups is 1. The maximum atomic E-state index is 12.4. The summed E-state index contributed by atoms with van der Waals surface area (Å²) in [7, 11) is -2.54. The van der Waals surface area contributed by atoms with E-state index in [9.17, 15) is 18.3 Å². The van der Waals surface area contributed by atoms with Crippen LogP contribution in [0.5, 0.6) is 0 Å². The SMILES string of the molecule is COCC(C)(NS(=O)(=O)c1sccc1C1CC1)C(=O)O. The zero-order valence-corrected chi connectivity index (χ0v) is 12.9. The van der Waals surface area contributed by atoms with Crippen molar-refractivity contribution >= 4 is 27.3 Å². The van der Waals surface area contributed by atoms with Crippen LogP contribution in [-0.4, -0.2) is 38.7 Å². The van der Waals surface area contributed by atoms with E-state index in [-0.39, 0.29) is 16.7 Å². The van der Waals surface area contributed by atoms with Gasteiger partial charge < -0.3 is 9.84 Å². The van der Waals surface area contributed by atoms with Crippen LogP contribution >= 0.6 is 11.3 Å². The lowest BCUT2D eigenvalue weighted by molar-refractivity contribution is -0.145. The van der Waals surface area contributed by atoms with Crippen LogP contribution in [0.25, 0.3) is 0 Å². The first-order chi connectivity index (χ1) is 9.30. The quantitative estimate of drug-likeness (QED) is 0.792. The van der Waals surface area contributed by atoms with Gasteiger partial charge in [0.15, 0.2) is 5.54 Å². The first-order valence-corrected chi connectivity index (χ1v) is 8.50. The summed E-state index contributed by atoms with van der Waals surface area (Å²) in [5.74, 6) is -0.987. The Morgan fingerprint density at radius 1 is 1.60 bits per heavy atom. The number of sulfonamides is 1. The number of methoxy groups -OCH3 is 1. The molecule has 1 aromatic heterocycles. The number of carboxylic acid groups (broad SMARTS) is 1. The van der Waals surface area contributed by atoms with Crippen LogP contribution in [0.2, 0.25) is 0 Å². The highest BCUT2D eigenvalue weighted by molar-refractivity contribution is 7.91. The minimum absolute atomic E-state index is 0.212. The Hall–Kier alpha value is -0.960. The van der Waals surface area contributed by atoms with E-state index in [4.69, 9.17) is 4.74 Å². The summed E-state index contributed by atoms with van der Waals surface area (Å²) in [6, 6.07) is 1.80. The second kappa shape index (κ2) is 5.44. The van der Waals surface area contributed by atoms with Crippen molar-refractivity contribution in [1.29, 1.82) is 0 Å². The molecule has 2 N–H and O–H groups in total. The highest BCUT2D eigenvalue weighted by atomic mass is 32.2. The molecule has 1 aliphatic rings. The molecule has 2 rings (SSSR count). The molecule has 0 aromatic carbocycles. The van der Waals surface area contributed by atoms with Crippen molar-refractivity contribution in [3.8, 4) is 0 Å². The number of carboxylic acids is 1. The lowest BCUT2D eigenvalue weighted by atomic mass is 10.1. The van der Waals surface area contributed by atoms with Crippen LogP contribution in [0, 0.1) is 0 Å². The molecular weight excluding hydrogens is 302 g/mol. The van der Waals surface area contributed by atoms with E-state index < -0.39 is 21.5 Å². The van der Waals surface area contributed by atoms with Crippen molar-refractivity contribution in [3.63, 3.8) is 0 Å². The second-order valence-electron chi connectivity index (χ2n) is 5.11.